The lowest BCUT2D eigenvalue weighted by molar-refractivity contribution is 0.230. The molecule has 0 spiro atoms. The van der Waals surface area contributed by atoms with Gasteiger partial charge in [-0.25, -0.2) is 9.36 Å². The molecule has 0 aromatic carbocycles. The molecule has 0 aliphatic heterocycles. The highest BCUT2D eigenvalue weighted by Gasteiger charge is 2.15. The van der Waals surface area contributed by atoms with Crippen LogP contribution >= 0.6 is 0 Å². The Balaban J connectivity index is 2.76. The van der Waals surface area contributed by atoms with E-state index in [0.717, 1.165) is 4.57 Å². The fourth-order valence-electron chi connectivity index (χ4n) is 0.925. The number of carbonyl (C=O) groups is 1. The van der Waals surface area contributed by atoms with Crippen LogP contribution in [0.3, 0.4) is 0 Å². The van der Waals surface area contributed by atoms with E-state index in [-0.39, 0.29) is 17.5 Å². The van der Waals surface area contributed by atoms with Crippen LogP contribution in [0.4, 0.5) is 4.79 Å². The van der Waals surface area contributed by atoms with Gasteiger partial charge in [0.2, 0.25) is 0 Å². The highest BCUT2D eigenvalue weighted by molar-refractivity contribution is 5.78. The van der Waals surface area contributed by atoms with E-state index in [0.29, 0.717) is 0 Å². The average molecular weight is 182 g/mol. The Morgan fingerprint density at radius 2 is 2.15 bits per heavy atom. The standard InChI is InChI=1S/C9H14N2O2/c1-9(2,3)10-8(13)11-6-4-5-7(11)12/h4-6,12H,1-3H3,(H,10,13). The van der Waals surface area contributed by atoms with E-state index in [4.69, 9.17) is 0 Å². The molecule has 0 radical (unpaired) electrons. The summed E-state index contributed by atoms with van der Waals surface area (Å²) in [6.07, 6.45) is 1.51. The second-order valence-electron chi connectivity index (χ2n) is 3.92. The van der Waals surface area contributed by atoms with Crippen molar-refractivity contribution in [3.63, 3.8) is 0 Å². The SMILES string of the molecule is CC(C)(C)NC(=O)n1cccc1O. The van der Waals surface area contributed by atoms with Crippen LogP contribution in [0.1, 0.15) is 20.8 Å². The van der Waals surface area contributed by atoms with Gasteiger partial charge in [0.25, 0.3) is 0 Å². The molecule has 2 N–H and O–H groups in total. The van der Waals surface area contributed by atoms with Crippen LogP contribution in [0.2, 0.25) is 0 Å². The fourth-order valence-corrected chi connectivity index (χ4v) is 0.925. The van der Waals surface area contributed by atoms with Crippen LogP contribution in [0.15, 0.2) is 18.3 Å². The molecule has 72 valence electrons. The minimum Gasteiger partial charge on any atom is -0.494 e. The Morgan fingerprint density at radius 1 is 1.54 bits per heavy atom. The maximum atomic E-state index is 11.4. The molecule has 1 amide bonds. The minimum atomic E-state index is -0.324. The molecule has 0 saturated carbocycles. The van der Waals surface area contributed by atoms with E-state index in [2.05, 4.69) is 5.32 Å². The molecule has 4 nitrogen and oxygen atoms in total. The monoisotopic (exact) mass is 182 g/mol. The molecule has 0 aliphatic carbocycles. The summed E-state index contributed by atoms with van der Waals surface area (Å²) < 4.78 is 1.16. The predicted molar refractivity (Wildman–Crippen MR) is 49.8 cm³/mol. The zero-order chi connectivity index (χ0) is 10.1. The van der Waals surface area contributed by atoms with Crippen molar-refractivity contribution in [1.82, 2.24) is 9.88 Å². The molecule has 0 unspecified atom stereocenters. The lowest BCUT2D eigenvalue weighted by Crippen LogP contribution is -2.42. The van der Waals surface area contributed by atoms with Crippen LogP contribution in [-0.4, -0.2) is 21.2 Å². The zero-order valence-electron chi connectivity index (χ0n) is 8.03. The van der Waals surface area contributed by atoms with Gasteiger partial charge in [-0.1, -0.05) is 0 Å². The van der Waals surface area contributed by atoms with E-state index in [1.807, 2.05) is 20.8 Å². The van der Waals surface area contributed by atoms with Crippen LogP contribution in [0, 0.1) is 0 Å². The van der Waals surface area contributed by atoms with Crippen molar-refractivity contribution in [2.45, 2.75) is 26.3 Å². The summed E-state index contributed by atoms with van der Waals surface area (Å²) in [7, 11) is 0. The number of aromatic hydroxyl groups is 1. The van der Waals surface area contributed by atoms with Gasteiger partial charge in [0.1, 0.15) is 0 Å². The van der Waals surface area contributed by atoms with Gasteiger partial charge in [-0.3, -0.25) is 0 Å². The molecule has 4 heteroatoms. The smallest absolute Gasteiger partial charge is 0.328 e. The Hall–Kier alpha value is -1.45. The van der Waals surface area contributed by atoms with E-state index >= 15 is 0 Å². The van der Waals surface area contributed by atoms with E-state index in [9.17, 15) is 9.90 Å². The molecule has 1 aromatic rings. The van der Waals surface area contributed by atoms with Crippen molar-refractivity contribution in [3.05, 3.63) is 18.3 Å². The molecule has 1 rings (SSSR count). The van der Waals surface area contributed by atoms with E-state index in [1.54, 1.807) is 6.07 Å². The molecule has 0 fully saturated rings. The second kappa shape index (κ2) is 3.12. The number of rotatable bonds is 0. The molecule has 1 heterocycles. The van der Waals surface area contributed by atoms with Gasteiger partial charge in [0.05, 0.1) is 0 Å². The van der Waals surface area contributed by atoms with Gasteiger partial charge in [-0.2, -0.15) is 0 Å². The zero-order valence-corrected chi connectivity index (χ0v) is 8.03. The van der Waals surface area contributed by atoms with Crippen molar-refractivity contribution in [2.24, 2.45) is 0 Å². The van der Waals surface area contributed by atoms with Crippen LogP contribution < -0.4 is 5.32 Å². The Kier molecular flexibility index (Phi) is 2.32. The topological polar surface area (TPSA) is 54.3 Å². The third-order valence-electron chi connectivity index (χ3n) is 1.43. The molecule has 0 bridgehead atoms. The van der Waals surface area contributed by atoms with Gasteiger partial charge in [0.15, 0.2) is 5.88 Å². The number of nitrogens with zero attached hydrogens (tertiary/aromatic N) is 1. The summed E-state index contributed by atoms with van der Waals surface area (Å²) in [5.41, 5.74) is -0.298. The first-order valence-corrected chi connectivity index (χ1v) is 4.09. The predicted octanol–water partition coefficient (Wildman–Crippen LogP) is 1.55. The number of amides is 1. The first kappa shape index (κ1) is 9.64. The van der Waals surface area contributed by atoms with Crippen molar-refractivity contribution in [1.29, 1.82) is 0 Å². The lowest BCUT2D eigenvalue weighted by Gasteiger charge is -2.20. The highest BCUT2D eigenvalue weighted by atomic mass is 16.3. The summed E-state index contributed by atoms with van der Waals surface area (Å²) in [5, 5.41) is 11.9. The number of hydrogen-bond acceptors (Lipinski definition) is 2. The summed E-state index contributed by atoms with van der Waals surface area (Å²) in [5.74, 6) is -0.0539. The number of carbonyl (C=O) groups excluding carboxylic acids is 1. The number of hydrogen-bond donors (Lipinski definition) is 2. The molecule has 13 heavy (non-hydrogen) atoms. The summed E-state index contributed by atoms with van der Waals surface area (Å²) in [4.78, 5) is 11.4. The Bertz CT molecular complexity index is 310. The third-order valence-corrected chi connectivity index (χ3v) is 1.43. The van der Waals surface area contributed by atoms with Gasteiger partial charge in [-0.15, -0.1) is 0 Å². The maximum Gasteiger partial charge on any atom is 0.328 e. The van der Waals surface area contributed by atoms with Gasteiger partial charge in [0, 0.05) is 17.8 Å². The Morgan fingerprint density at radius 3 is 2.54 bits per heavy atom. The maximum absolute atomic E-state index is 11.4. The van der Waals surface area contributed by atoms with E-state index in [1.165, 1.54) is 12.3 Å². The Labute approximate surface area is 77.2 Å². The van der Waals surface area contributed by atoms with Crippen LogP contribution in [-0.2, 0) is 0 Å². The molecule has 0 aliphatic rings. The van der Waals surface area contributed by atoms with Crippen LogP contribution in [0.25, 0.3) is 0 Å². The summed E-state index contributed by atoms with van der Waals surface area (Å²) in [6.45, 7) is 5.64. The number of nitrogens with one attached hydrogen (secondary N) is 1. The number of aromatic nitrogens is 1. The second-order valence-corrected chi connectivity index (χ2v) is 3.92. The quantitative estimate of drug-likeness (QED) is 0.639. The van der Waals surface area contributed by atoms with Crippen molar-refractivity contribution >= 4 is 6.03 Å². The van der Waals surface area contributed by atoms with Gasteiger partial charge in [-0.05, 0) is 26.8 Å². The fraction of sp³-hybridized carbons (Fsp3) is 0.444. The highest BCUT2D eigenvalue weighted by Crippen LogP contribution is 2.09. The van der Waals surface area contributed by atoms with Gasteiger partial charge >= 0.3 is 6.03 Å². The molecule has 1 aromatic heterocycles. The van der Waals surface area contributed by atoms with Gasteiger partial charge < -0.3 is 10.4 Å². The molecule has 0 atom stereocenters. The largest absolute Gasteiger partial charge is 0.494 e. The minimum absolute atomic E-state index is 0.0539. The lowest BCUT2D eigenvalue weighted by atomic mass is 10.1. The summed E-state index contributed by atoms with van der Waals surface area (Å²) in [6, 6.07) is 2.75. The van der Waals surface area contributed by atoms with Crippen LogP contribution in [0.5, 0.6) is 5.88 Å². The molecule has 0 saturated heterocycles. The first-order valence-electron chi connectivity index (χ1n) is 4.09. The molecular formula is C9H14N2O2. The van der Waals surface area contributed by atoms with Crippen molar-refractivity contribution in [3.8, 4) is 5.88 Å². The third kappa shape index (κ3) is 2.50. The van der Waals surface area contributed by atoms with E-state index < -0.39 is 0 Å². The average Bonchev–Trinajstić information content (AvgIpc) is 2.30. The van der Waals surface area contributed by atoms with Crippen molar-refractivity contribution < 1.29 is 9.90 Å². The normalized spacial score (nSPS) is 11.3. The first-order chi connectivity index (χ1) is 5.90. The summed E-state index contributed by atoms with van der Waals surface area (Å²) >= 11 is 0. The molecular weight excluding hydrogens is 168 g/mol. The van der Waals surface area contributed by atoms with Crippen molar-refractivity contribution in [2.75, 3.05) is 0 Å².